The molecule has 2 heterocycles. The summed E-state index contributed by atoms with van der Waals surface area (Å²) < 4.78 is 37.0. The van der Waals surface area contributed by atoms with Gasteiger partial charge in [-0.3, -0.25) is 0 Å². The monoisotopic (exact) mass is 276 g/mol. The van der Waals surface area contributed by atoms with Crippen molar-refractivity contribution in [3.8, 4) is 22.4 Å². The molecule has 0 aliphatic carbocycles. The highest BCUT2D eigenvalue weighted by atomic mass is 19.1. The Bertz CT molecular complexity index is 777. The van der Waals surface area contributed by atoms with Crippen LogP contribution in [0.15, 0.2) is 39.5 Å². The van der Waals surface area contributed by atoms with Gasteiger partial charge in [-0.15, -0.1) is 0 Å². The van der Waals surface area contributed by atoms with E-state index in [4.69, 9.17) is 14.7 Å². The molecule has 0 bridgehead atoms. The Morgan fingerprint density at radius 3 is 2.65 bits per heavy atom. The Kier molecular flexibility index (Phi) is 2.78. The molecule has 4 nitrogen and oxygen atoms in total. The molecule has 0 saturated carbocycles. The largest absolute Gasteiger partial charge is 0.469 e. The van der Waals surface area contributed by atoms with E-state index in [1.165, 1.54) is 12.3 Å². The number of hydrogen-bond acceptors (Lipinski definition) is 4. The van der Waals surface area contributed by atoms with Crippen molar-refractivity contribution in [2.75, 3.05) is 5.73 Å². The molecule has 0 saturated heterocycles. The zero-order valence-corrected chi connectivity index (χ0v) is 10.5. The number of nitrogens with zero attached hydrogens (tertiary/aromatic N) is 1. The summed E-state index contributed by atoms with van der Waals surface area (Å²) in [6.45, 7) is 1.77. The Hall–Kier alpha value is -2.63. The second kappa shape index (κ2) is 4.48. The molecule has 0 aliphatic heterocycles. The van der Waals surface area contributed by atoms with Gasteiger partial charge >= 0.3 is 0 Å². The predicted molar refractivity (Wildman–Crippen MR) is 68.7 cm³/mol. The summed E-state index contributed by atoms with van der Waals surface area (Å²) in [7, 11) is 0. The van der Waals surface area contributed by atoms with Gasteiger partial charge in [0.05, 0.1) is 5.56 Å². The number of nitrogens with two attached hydrogens (primary N) is 1. The Morgan fingerprint density at radius 1 is 1.20 bits per heavy atom. The topological polar surface area (TPSA) is 65.2 Å². The van der Waals surface area contributed by atoms with Gasteiger partial charge in [-0.05, 0) is 25.1 Å². The van der Waals surface area contributed by atoms with Crippen molar-refractivity contribution < 1.29 is 17.7 Å². The molecule has 102 valence electrons. The van der Waals surface area contributed by atoms with E-state index in [-0.39, 0.29) is 17.0 Å². The van der Waals surface area contributed by atoms with Gasteiger partial charge in [0.15, 0.2) is 0 Å². The second-order valence-electron chi connectivity index (χ2n) is 4.34. The summed E-state index contributed by atoms with van der Waals surface area (Å²) in [5, 5.41) is 3.82. The maximum atomic E-state index is 13.9. The molecule has 0 aliphatic rings. The highest BCUT2D eigenvalue weighted by Gasteiger charge is 2.21. The van der Waals surface area contributed by atoms with Crippen molar-refractivity contribution in [1.29, 1.82) is 0 Å². The Balaban J connectivity index is 2.21. The van der Waals surface area contributed by atoms with Crippen LogP contribution in [-0.2, 0) is 0 Å². The minimum Gasteiger partial charge on any atom is -0.469 e. The molecule has 3 rings (SSSR count). The van der Waals surface area contributed by atoms with Crippen LogP contribution in [0, 0.1) is 18.6 Å². The number of furan rings is 1. The summed E-state index contributed by atoms with van der Waals surface area (Å²) in [5.74, 6) is -0.764. The molecule has 0 spiro atoms. The van der Waals surface area contributed by atoms with Crippen LogP contribution < -0.4 is 5.73 Å². The maximum Gasteiger partial charge on any atom is 0.230 e. The van der Waals surface area contributed by atoms with Gasteiger partial charge < -0.3 is 14.7 Å². The third-order valence-electron chi connectivity index (χ3n) is 2.92. The van der Waals surface area contributed by atoms with Gasteiger partial charge in [0.25, 0.3) is 0 Å². The maximum absolute atomic E-state index is 13.9. The molecule has 2 N–H and O–H groups in total. The van der Waals surface area contributed by atoms with Gasteiger partial charge in [-0.25, -0.2) is 8.78 Å². The van der Waals surface area contributed by atoms with Crippen molar-refractivity contribution in [3.05, 3.63) is 47.9 Å². The minimum atomic E-state index is -0.735. The number of anilines is 1. The summed E-state index contributed by atoms with van der Waals surface area (Å²) in [5.41, 5.74) is 7.07. The van der Waals surface area contributed by atoms with E-state index in [1.54, 1.807) is 13.0 Å². The van der Waals surface area contributed by atoms with Gasteiger partial charge in [0.1, 0.15) is 29.4 Å². The van der Waals surface area contributed by atoms with Crippen LogP contribution in [0.4, 0.5) is 14.7 Å². The molecular weight excluding hydrogens is 266 g/mol. The zero-order chi connectivity index (χ0) is 14.3. The highest BCUT2D eigenvalue weighted by molar-refractivity contribution is 5.86. The number of nitrogen functional groups attached to an aromatic ring is 1. The van der Waals surface area contributed by atoms with E-state index < -0.39 is 11.6 Å². The first-order chi connectivity index (χ1) is 9.56. The van der Waals surface area contributed by atoms with Crippen molar-refractivity contribution in [2.24, 2.45) is 0 Å². The molecule has 1 aromatic carbocycles. The van der Waals surface area contributed by atoms with Crippen LogP contribution in [0.5, 0.6) is 0 Å². The fourth-order valence-electron chi connectivity index (χ4n) is 2.02. The van der Waals surface area contributed by atoms with E-state index >= 15 is 0 Å². The van der Waals surface area contributed by atoms with Crippen LogP contribution in [0.3, 0.4) is 0 Å². The molecule has 0 unspecified atom stereocenters. The smallest absolute Gasteiger partial charge is 0.230 e. The molecule has 20 heavy (non-hydrogen) atoms. The molecular formula is C14H10F2N2O2. The summed E-state index contributed by atoms with van der Waals surface area (Å²) in [4.78, 5) is 0. The van der Waals surface area contributed by atoms with E-state index in [2.05, 4.69) is 5.16 Å². The van der Waals surface area contributed by atoms with Crippen LogP contribution in [0.25, 0.3) is 22.4 Å². The molecule has 0 fully saturated rings. The van der Waals surface area contributed by atoms with Crippen LogP contribution >= 0.6 is 0 Å². The number of halogens is 2. The standard InChI is InChI=1S/C14H10F2N2O2/c1-7-4-8(6-19-7)13-12(14(17)20-18-13)10-3-2-9(15)5-11(10)16/h2-6H,17H2,1H3. The average Bonchev–Trinajstić information content (AvgIpc) is 2.96. The SMILES string of the molecule is Cc1cc(-c2noc(N)c2-c2ccc(F)cc2F)co1. The van der Waals surface area contributed by atoms with E-state index in [0.717, 1.165) is 12.1 Å². The van der Waals surface area contributed by atoms with Gasteiger partial charge in [-0.1, -0.05) is 5.16 Å². The zero-order valence-electron chi connectivity index (χ0n) is 10.5. The van der Waals surface area contributed by atoms with Gasteiger partial charge in [-0.2, -0.15) is 0 Å². The summed E-state index contributed by atoms with van der Waals surface area (Å²) >= 11 is 0. The van der Waals surface area contributed by atoms with Crippen LogP contribution in [-0.4, -0.2) is 5.16 Å². The fraction of sp³-hybridized carbons (Fsp3) is 0.0714. The third-order valence-corrected chi connectivity index (χ3v) is 2.92. The molecule has 0 atom stereocenters. The third kappa shape index (κ3) is 1.95. The lowest BCUT2D eigenvalue weighted by molar-refractivity contribution is 0.439. The van der Waals surface area contributed by atoms with Crippen LogP contribution in [0.1, 0.15) is 5.76 Å². The minimum absolute atomic E-state index is 0.0376. The van der Waals surface area contributed by atoms with Crippen molar-refractivity contribution in [1.82, 2.24) is 5.16 Å². The van der Waals surface area contributed by atoms with Crippen molar-refractivity contribution in [2.45, 2.75) is 6.92 Å². The quantitative estimate of drug-likeness (QED) is 0.773. The number of benzene rings is 1. The second-order valence-corrected chi connectivity index (χ2v) is 4.34. The molecule has 0 radical (unpaired) electrons. The number of aromatic nitrogens is 1. The summed E-state index contributed by atoms with van der Waals surface area (Å²) in [6.07, 6.45) is 1.47. The lowest BCUT2D eigenvalue weighted by Crippen LogP contribution is -1.91. The summed E-state index contributed by atoms with van der Waals surface area (Å²) in [6, 6.07) is 4.95. The number of hydrogen-bond donors (Lipinski definition) is 1. The molecule has 2 aromatic heterocycles. The van der Waals surface area contributed by atoms with Crippen molar-refractivity contribution >= 4 is 5.88 Å². The fourth-order valence-corrected chi connectivity index (χ4v) is 2.02. The average molecular weight is 276 g/mol. The Labute approximate surface area is 112 Å². The first-order valence-electron chi connectivity index (χ1n) is 5.82. The molecule has 3 aromatic rings. The lowest BCUT2D eigenvalue weighted by atomic mass is 10.0. The first-order valence-corrected chi connectivity index (χ1v) is 5.82. The first kappa shape index (κ1) is 12.4. The van der Waals surface area contributed by atoms with Gasteiger partial charge in [0.2, 0.25) is 5.88 Å². The van der Waals surface area contributed by atoms with E-state index in [1.807, 2.05) is 0 Å². The Morgan fingerprint density at radius 2 is 2.00 bits per heavy atom. The normalized spacial score (nSPS) is 10.9. The van der Waals surface area contributed by atoms with E-state index in [9.17, 15) is 8.78 Å². The number of aryl methyl sites for hydroxylation is 1. The van der Waals surface area contributed by atoms with Crippen LogP contribution in [0.2, 0.25) is 0 Å². The lowest BCUT2D eigenvalue weighted by Gasteiger charge is -2.03. The highest BCUT2D eigenvalue weighted by Crippen LogP contribution is 2.38. The molecule has 6 heteroatoms. The van der Waals surface area contributed by atoms with Gasteiger partial charge in [0, 0.05) is 17.2 Å². The number of rotatable bonds is 2. The van der Waals surface area contributed by atoms with Crippen molar-refractivity contribution in [3.63, 3.8) is 0 Å². The van der Waals surface area contributed by atoms with E-state index in [0.29, 0.717) is 17.0 Å². The predicted octanol–water partition coefficient (Wildman–Crippen LogP) is 3.77. The molecule has 0 amide bonds.